The summed E-state index contributed by atoms with van der Waals surface area (Å²) in [4.78, 5) is 4.46. The van der Waals surface area contributed by atoms with Crippen LogP contribution in [0.2, 0.25) is 0 Å². The zero-order chi connectivity index (χ0) is 15.4. The third-order valence-corrected chi connectivity index (χ3v) is 3.17. The Bertz CT molecular complexity index is 768. The third-order valence-electron chi connectivity index (χ3n) is 3.17. The highest BCUT2D eigenvalue weighted by Crippen LogP contribution is 2.30. The Morgan fingerprint density at radius 3 is 2.77 bits per heavy atom. The minimum Gasteiger partial charge on any atom is -0.497 e. The standard InChI is InChI=1S/C17H16N2O3/c1-3-21-15-10-5-4-9-14(15)16-18-17(22-19-16)12-7-6-8-13(11-12)20-2/h4-11H,3H2,1-2H3. The average molecular weight is 296 g/mol. The van der Waals surface area contributed by atoms with E-state index in [4.69, 9.17) is 14.0 Å². The Balaban J connectivity index is 1.97. The maximum absolute atomic E-state index is 5.60. The lowest BCUT2D eigenvalue weighted by Gasteiger charge is -2.06. The second-order valence-electron chi connectivity index (χ2n) is 4.58. The molecule has 1 heterocycles. The number of hydrogen-bond acceptors (Lipinski definition) is 5. The molecule has 5 heteroatoms. The van der Waals surface area contributed by atoms with Gasteiger partial charge in [-0.15, -0.1) is 0 Å². The summed E-state index contributed by atoms with van der Waals surface area (Å²) in [5.41, 5.74) is 1.62. The zero-order valence-corrected chi connectivity index (χ0v) is 12.4. The number of aromatic nitrogens is 2. The topological polar surface area (TPSA) is 57.4 Å². The monoisotopic (exact) mass is 296 g/mol. The van der Waals surface area contributed by atoms with Crippen LogP contribution in [0.25, 0.3) is 22.8 Å². The van der Waals surface area contributed by atoms with E-state index in [1.54, 1.807) is 7.11 Å². The molecule has 0 saturated heterocycles. The van der Waals surface area contributed by atoms with E-state index in [2.05, 4.69) is 10.1 Å². The van der Waals surface area contributed by atoms with Gasteiger partial charge in [0, 0.05) is 5.56 Å². The first kappa shape index (κ1) is 14.1. The smallest absolute Gasteiger partial charge is 0.258 e. The van der Waals surface area contributed by atoms with Crippen LogP contribution in [0.15, 0.2) is 53.1 Å². The molecule has 2 aromatic carbocycles. The van der Waals surface area contributed by atoms with E-state index in [0.717, 1.165) is 22.6 Å². The molecule has 0 aliphatic carbocycles. The minimum absolute atomic E-state index is 0.445. The van der Waals surface area contributed by atoms with Gasteiger partial charge in [0.15, 0.2) is 0 Å². The van der Waals surface area contributed by atoms with Gasteiger partial charge in [-0.2, -0.15) is 4.98 Å². The second kappa shape index (κ2) is 6.30. The van der Waals surface area contributed by atoms with Crippen molar-refractivity contribution in [2.75, 3.05) is 13.7 Å². The van der Waals surface area contributed by atoms with Crippen molar-refractivity contribution in [3.63, 3.8) is 0 Å². The zero-order valence-electron chi connectivity index (χ0n) is 12.4. The number of para-hydroxylation sites is 1. The summed E-state index contributed by atoms with van der Waals surface area (Å²) < 4.78 is 16.2. The summed E-state index contributed by atoms with van der Waals surface area (Å²) in [5.74, 6) is 2.43. The van der Waals surface area contributed by atoms with Gasteiger partial charge in [0.05, 0.1) is 19.3 Å². The highest BCUT2D eigenvalue weighted by atomic mass is 16.5. The van der Waals surface area contributed by atoms with Crippen molar-refractivity contribution in [2.45, 2.75) is 6.92 Å². The van der Waals surface area contributed by atoms with Gasteiger partial charge < -0.3 is 14.0 Å². The molecule has 0 saturated carbocycles. The van der Waals surface area contributed by atoms with Crippen molar-refractivity contribution in [1.82, 2.24) is 10.1 Å². The SMILES string of the molecule is CCOc1ccccc1-c1noc(-c2cccc(OC)c2)n1. The lowest BCUT2D eigenvalue weighted by molar-refractivity contribution is 0.341. The van der Waals surface area contributed by atoms with Gasteiger partial charge in [0.1, 0.15) is 11.5 Å². The Morgan fingerprint density at radius 2 is 1.95 bits per heavy atom. The maximum atomic E-state index is 5.60. The van der Waals surface area contributed by atoms with Crippen LogP contribution in [0.5, 0.6) is 11.5 Å². The molecule has 0 aliphatic rings. The van der Waals surface area contributed by atoms with Crippen LogP contribution >= 0.6 is 0 Å². The van der Waals surface area contributed by atoms with Crippen LogP contribution in [-0.2, 0) is 0 Å². The molecule has 5 nitrogen and oxygen atoms in total. The van der Waals surface area contributed by atoms with E-state index in [1.165, 1.54) is 0 Å². The molecule has 0 N–H and O–H groups in total. The van der Waals surface area contributed by atoms with Gasteiger partial charge in [-0.25, -0.2) is 0 Å². The molecule has 3 aromatic rings. The molecule has 0 fully saturated rings. The predicted octanol–water partition coefficient (Wildman–Crippen LogP) is 3.81. The van der Waals surface area contributed by atoms with Crippen LogP contribution in [0.1, 0.15) is 6.92 Å². The van der Waals surface area contributed by atoms with E-state index in [1.807, 2.05) is 55.5 Å². The number of rotatable bonds is 5. The molecule has 0 atom stereocenters. The van der Waals surface area contributed by atoms with E-state index in [0.29, 0.717) is 18.3 Å². The minimum atomic E-state index is 0.445. The fourth-order valence-electron chi connectivity index (χ4n) is 2.14. The highest BCUT2D eigenvalue weighted by Gasteiger charge is 2.14. The van der Waals surface area contributed by atoms with E-state index < -0.39 is 0 Å². The molecule has 112 valence electrons. The third kappa shape index (κ3) is 2.79. The molecular formula is C17H16N2O3. The Morgan fingerprint density at radius 1 is 1.09 bits per heavy atom. The number of ether oxygens (including phenoxy) is 2. The molecule has 0 bridgehead atoms. The molecule has 0 unspecified atom stereocenters. The fraction of sp³-hybridized carbons (Fsp3) is 0.176. The molecule has 0 aliphatic heterocycles. The van der Waals surface area contributed by atoms with Crippen molar-refractivity contribution in [3.8, 4) is 34.3 Å². The van der Waals surface area contributed by atoms with Gasteiger partial charge in [-0.1, -0.05) is 23.4 Å². The fourth-order valence-corrected chi connectivity index (χ4v) is 2.14. The molecule has 22 heavy (non-hydrogen) atoms. The quantitative estimate of drug-likeness (QED) is 0.716. The summed E-state index contributed by atoms with van der Waals surface area (Å²) in [6.45, 7) is 2.52. The first-order chi connectivity index (χ1) is 10.8. The van der Waals surface area contributed by atoms with Crippen molar-refractivity contribution in [3.05, 3.63) is 48.5 Å². The predicted molar refractivity (Wildman–Crippen MR) is 82.9 cm³/mol. The van der Waals surface area contributed by atoms with Gasteiger partial charge in [-0.3, -0.25) is 0 Å². The normalized spacial score (nSPS) is 10.5. The Labute approximate surface area is 128 Å². The number of methoxy groups -OCH3 is 1. The summed E-state index contributed by atoms with van der Waals surface area (Å²) in [6.07, 6.45) is 0. The van der Waals surface area contributed by atoms with E-state index >= 15 is 0 Å². The number of benzene rings is 2. The molecule has 0 radical (unpaired) electrons. The first-order valence-electron chi connectivity index (χ1n) is 7.02. The van der Waals surface area contributed by atoms with E-state index in [9.17, 15) is 0 Å². The van der Waals surface area contributed by atoms with Crippen molar-refractivity contribution >= 4 is 0 Å². The Hall–Kier alpha value is -2.82. The second-order valence-corrected chi connectivity index (χ2v) is 4.58. The van der Waals surface area contributed by atoms with E-state index in [-0.39, 0.29) is 0 Å². The van der Waals surface area contributed by atoms with Gasteiger partial charge in [0.25, 0.3) is 5.89 Å². The Kier molecular flexibility index (Phi) is 4.05. The molecule has 1 aromatic heterocycles. The van der Waals surface area contributed by atoms with Gasteiger partial charge >= 0.3 is 0 Å². The summed E-state index contributed by atoms with van der Waals surface area (Å²) in [6, 6.07) is 15.1. The van der Waals surface area contributed by atoms with Crippen molar-refractivity contribution < 1.29 is 14.0 Å². The van der Waals surface area contributed by atoms with Crippen LogP contribution in [-0.4, -0.2) is 23.9 Å². The first-order valence-corrected chi connectivity index (χ1v) is 7.02. The highest BCUT2D eigenvalue weighted by molar-refractivity contribution is 5.66. The van der Waals surface area contributed by atoms with Crippen LogP contribution < -0.4 is 9.47 Å². The van der Waals surface area contributed by atoms with Crippen LogP contribution in [0.4, 0.5) is 0 Å². The summed E-state index contributed by atoms with van der Waals surface area (Å²) in [7, 11) is 1.62. The lowest BCUT2D eigenvalue weighted by atomic mass is 10.2. The van der Waals surface area contributed by atoms with Crippen molar-refractivity contribution in [2.24, 2.45) is 0 Å². The number of nitrogens with zero attached hydrogens (tertiary/aromatic N) is 2. The van der Waals surface area contributed by atoms with Gasteiger partial charge in [-0.05, 0) is 37.3 Å². The molecule has 3 rings (SSSR count). The van der Waals surface area contributed by atoms with Crippen molar-refractivity contribution in [1.29, 1.82) is 0 Å². The van der Waals surface area contributed by atoms with Crippen LogP contribution in [0, 0.1) is 0 Å². The van der Waals surface area contributed by atoms with Crippen LogP contribution in [0.3, 0.4) is 0 Å². The molecule has 0 spiro atoms. The average Bonchev–Trinajstić information content (AvgIpc) is 3.06. The molecule has 0 amide bonds. The summed E-state index contributed by atoms with van der Waals surface area (Å²) >= 11 is 0. The lowest BCUT2D eigenvalue weighted by Crippen LogP contribution is -1.94. The molecular weight excluding hydrogens is 280 g/mol. The maximum Gasteiger partial charge on any atom is 0.258 e. The number of hydrogen-bond donors (Lipinski definition) is 0. The van der Waals surface area contributed by atoms with Gasteiger partial charge in [0.2, 0.25) is 5.82 Å². The largest absolute Gasteiger partial charge is 0.497 e. The summed E-state index contributed by atoms with van der Waals surface area (Å²) in [5, 5.41) is 4.05.